The third-order valence-electron chi connectivity index (χ3n) is 4.49. The van der Waals surface area contributed by atoms with E-state index < -0.39 is 17.7 Å². The van der Waals surface area contributed by atoms with Crippen molar-refractivity contribution in [1.29, 1.82) is 0 Å². The molecular formula is C21H22N2O3. The summed E-state index contributed by atoms with van der Waals surface area (Å²) in [7, 11) is 3.83. The molecular weight excluding hydrogens is 328 g/mol. The molecule has 5 heteroatoms. The van der Waals surface area contributed by atoms with Crippen LogP contribution in [0.1, 0.15) is 17.2 Å². The van der Waals surface area contributed by atoms with Gasteiger partial charge in [0.05, 0.1) is 11.6 Å². The van der Waals surface area contributed by atoms with Gasteiger partial charge in [-0.1, -0.05) is 60.7 Å². The molecule has 1 heterocycles. The van der Waals surface area contributed by atoms with Gasteiger partial charge in [0.15, 0.2) is 0 Å². The Bertz CT molecular complexity index is 829. The van der Waals surface area contributed by atoms with Crippen molar-refractivity contribution in [3.8, 4) is 0 Å². The van der Waals surface area contributed by atoms with Crippen molar-refractivity contribution in [2.24, 2.45) is 0 Å². The number of aliphatic hydroxyl groups is 1. The average Bonchev–Trinajstić information content (AvgIpc) is 2.91. The topological polar surface area (TPSA) is 60.9 Å². The summed E-state index contributed by atoms with van der Waals surface area (Å²) in [5.74, 6) is -1.35. The lowest BCUT2D eigenvalue weighted by atomic mass is 9.95. The van der Waals surface area contributed by atoms with Crippen molar-refractivity contribution in [1.82, 2.24) is 9.80 Å². The number of aliphatic hydroxyl groups excluding tert-OH is 1. The van der Waals surface area contributed by atoms with Crippen LogP contribution in [0.2, 0.25) is 0 Å². The van der Waals surface area contributed by atoms with Gasteiger partial charge >= 0.3 is 0 Å². The van der Waals surface area contributed by atoms with Crippen LogP contribution in [0.3, 0.4) is 0 Å². The van der Waals surface area contributed by atoms with E-state index in [0.29, 0.717) is 18.7 Å². The highest BCUT2D eigenvalue weighted by Gasteiger charge is 2.45. The number of ketones is 1. The van der Waals surface area contributed by atoms with E-state index in [0.717, 1.165) is 5.56 Å². The van der Waals surface area contributed by atoms with Crippen molar-refractivity contribution in [3.05, 3.63) is 77.4 Å². The number of rotatable bonds is 5. The second kappa shape index (κ2) is 7.54. The molecule has 1 saturated heterocycles. The number of likely N-dealkylation sites (tertiary alicyclic amines) is 1. The Morgan fingerprint density at radius 1 is 1.00 bits per heavy atom. The molecule has 0 aromatic heterocycles. The van der Waals surface area contributed by atoms with Crippen LogP contribution in [0.4, 0.5) is 0 Å². The molecule has 1 N–H and O–H groups in total. The van der Waals surface area contributed by atoms with Crippen LogP contribution in [0, 0.1) is 0 Å². The number of benzene rings is 2. The molecule has 1 aliphatic rings. The zero-order chi connectivity index (χ0) is 18.7. The summed E-state index contributed by atoms with van der Waals surface area (Å²) in [5, 5.41) is 10.8. The van der Waals surface area contributed by atoms with E-state index in [1.807, 2.05) is 55.4 Å². The fourth-order valence-corrected chi connectivity index (χ4v) is 3.15. The molecule has 1 amide bonds. The normalized spacial score (nSPS) is 19.3. The van der Waals surface area contributed by atoms with E-state index in [4.69, 9.17) is 0 Å². The Labute approximate surface area is 153 Å². The van der Waals surface area contributed by atoms with Crippen LogP contribution >= 0.6 is 0 Å². The summed E-state index contributed by atoms with van der Waals surface area (Å²) < 4.78 is 0. The lowest BCUT2D eigenvalue weighted by Crippen LogP contribution is -2.35. The number of hydrogen-bond donors (Lipinski definition) is 1. The predicted molar refractivity (Wildman–Crippen MR) is 100 cm³/mol. The van der Waals surface area contributed by atoms with Crippen molar-refractivity contribution in [3.63, 3.8) is 0 Å². The Morgan fingerprint density at radius 2 is 1.58 bits per heavy atom. The van der Waals surface area contributed by atoms with E-state index in [9.17, 15) is 14.7 Å². The van der Waals surface area contributed by atoms with Gasteiger partial charge in [0.2, 0.25) is 0 Å². The number of nitrogens with zero attached hydrogens (tertiary/aromatic N) is 2. The summed E-state index contributed by atoms with van der Waals surface area (Å²) in [6.07, 6.45) is 0. The second-order valence-corrected chi connectivity index (χ2v) is 6.57. The first kappa shape index (κ1) is 17.9. The highest BCUT2D eigenvalue weighted by atomic mass is 16.3. The third kappa shape index (κ3) is 3.39. The minimum absolute atomic E-state index is 0.134. The molecule has 1 atom stereocenters. The van der Waals surface area contributed by atoms with Gasteiger partial charge in [-0.2, -0.15) is 0 Å². The first-order valence-electron chi connectivity index (χ1n) is 8.54. The zero-order valence-corrected chi connectivity index (χ0v) is 14.9. The molecule has 0 unspecified atom stereocenters. The Hall–Kier alpha value is -2.92. The molecule has 2 aromatic carbocycles. The number of hydrogen-bond acceptors (Lipinski definition) is 4. The van der Waals surface area contributed by atoms with Gasteiger partial charge in [0.1, 0.15) is 5.76 Å². The molecule has 134 valence electrons. The summed E-state index contributed by atoms with van der Waals surface area (Å²) in [4.78, 5) is 28.9. The number of likely N-dealkylation sites (N-methyl/N-ethyl adjacent to an activating group) is 1. The van der Waals surface area contributed by atoms with Gasteiger partial charge in [0.25, 0.3) is 11.7 Å². The van der Waals surface area contributed by atoms with Gasteiger partial charge in [-0.15, -0.1) is 0 Å². The van der Waals surface area contributed by atoms with E-state index in [1.165, 1.54) is 0 Å². The standard InChI is InChI=1S/C21H22N2O3/c1-22(2)13-14-23-18(15-9-5-3-6-10-15)17(20(25)21(23)26)19(24)16-11-7-4-8-12-16/h3-12,18,24H,13-14H2,1-2H3/t18-/m0/s1. The van der Waals surface area contributed by atoms with Gasteiger partial charge in [0, 0.05) is 18.7 Å². The van der Waals surface area contributed by atoms with Gasteiger partial charge in [-0.25, -0.2) is 0 Å². The first-order valence-corrected chi connectivity index (χ1v) is 8.54. The van der Waals surface area contributed by atoms with E-state index in [1.54, 1.807) is 29.2 Å². The van der Waals surface area contributed by atoms with Gasteiger partial charge in [-0.3, -0.25) is 9.59 Å². The number of Topliss-reactive ketones (excluding diaryl/α,β-unsaturated/α-hetero) is 1. The number of amides is 1. The highest BCUT2D eigenvalue weighted by Crippen LogP contribution is 2.38. The molecule has 0 bridgehead atoms. The van der Waals surface area contributed by atoms with Crippen LogP contribution < -0.4 is 0 Å². The summed E-state index contributed by atoms with van der Waals surface area (Å²) >= 11 is 0. The number of carbonyl (C=O) groups is 2. The summed E-state index contributed by atoms with van der Waals surface area (Å²) in [5.41, 5.74) is 1.48. The van der Waals surface area contributed by atoms with Gasteiger partial charge < -0.3 is 14.9 Å². The van der Waals surface area contributed by atoms with Crippen LogP contribution in [-0.2, 0) is 9.59 Å². The Kier molecular flexibility index (Phi) is 5.19. The van der Waals surface area contributed by atoms with Crippen molar-refractivity contribution >= 4 is 17.4 Å². The maximum atomic E-state index is 12.7. The van der Waals surface area contributed by atoms with Crippen molar-refractivity contribution in [2.75, 3.05) is 27.2 Å². The molecule has 1 fully saturated rings. The first-order chi connectivity index (χ1) is 12.5. The largest absolute Gasteiger partial charge is 0.507 e. The lowest BCUT2D eigenvalue weighted by molar-refractivity contribution is -0.140. The zero-order valence-electron chi connectivity index (χ0n) is 14.9. The molecule has 0 saturated carbocycles. The molecule has 0 spiro atoms. The van der Waals surface area contributed by atoms with Crippen LogP contribution in [-0.4, -0.2) is 53.8 Å². The quantitative estimate of drug-likeness (QED) is 0.512. The minimum atomic E-state index is -0.640. The minimum Gasteiger partial charge on any atom is -0.507 e. The maximum absolute atomic E-state index is 12.7. The number of carbonyl (C=O) groups excluding carboxylic acids is 2. The van der Waals surface area contributed by atoms with Crippen LogP contribution in [0.15, 0.2) is 66.2 Å². The lowest BCUT2D eigenvalue weighted by Gasteiger charge is -2.26. The fraction of sp³-hybridized carbons (Fsp3) is 0.238. The van der Waals surface area contributed by atoms with Crippen LogP contribution in [0.25, 0.3) is 5.76 Å². The fourth-order valence-electron chi connectivity index (χ4n) is 3.15. The molecule has 3 rings (SSSR count). The Morgan fingerprint density at radius 3 is 2.15 bits per heavy atom. The molecule has 26 heavy (non-hydrogen) atoms. The van der Waals surface area contributed by atoms with E-state index in [-0.39, 0.29) is 11.3 Å². The summed E-state index contributed by atoms with van der Waals surface area (Å²) in [6, 6.07) is 17.6. The summed E-state index contributed by atoms with van der Waals surface area (Å²) in [6.45, 7) is 1.03. The third-order valence-corrected chi connectivity index (χ3v) is 4.49. The molecule has 0 radical (unpaired) electrons. The molecule has 2 aromatic rings. The van der Waals surface area contributed by atoms with Crippen LogP contribution in [0.5, 0.6) is 0 Å². The average molecular weight is 350 g/mol. The second-order valence-electron chi connectivity index (χ2n) is 6.57. The monoisotopic (exact) mass is 350 g/mol. The Balaban J connectivity index is 2.12. The molecule has 5 nitrogen and oxygen atoms in total. The maximum Gasteiger partial charge on any atom is 0.295 e. The smallest absolute Gasteiger partial charge is 0.295 e. The molecule has 0 aliphatic carbocycles. The van der Waals surface area contributed by atoms with Gasteiger partial charge in [-0.05, 0) is 19.7 Å². The van der Waals surface area contributed by atoms with Crippen molar-refractivity contribution in [2.45, 2.75) is 6.04 Å². The van der Waals surface area contributed by atoms with Crippen molar-refractivity contribution < 1.29 is 14.7 Å². The van der Waals surface area contributed by atoms with E-state index in [2.05, 4.69) is 0 Å². The predicted octanol–water partition coefficient (Wildman–Crippen LogP) is 2.67. The SMILES string of the molecule is CN(C)CCN1C(=O)C(=O)C(=C(O)c2ccccc2)[C@@H]1c1ccccc1. The molecule has 1 aliphatic heterocycles. The highest BCUT2D eigenvalue weighted by molar-refractivity contribution is 6.46. The van der Waals surface area contributed by atoms with E-state index >= 15 is 0 Å².